The van der Waals surface area contributed by atoms with Crippen molar-refractivity contribution in [3.05, 3.63) is 63.1 Å². The lowest BCUT2D eigenvalue weighted by molar-refractivity contribution is 0.565. The highest BCUT2D eigenvalue weighted by Gasteiger charge is 2.17. The summed E-state index contributed by atoms with van der Waals surface area (Å²) in [5.41, 5.74) is 4.52. The number of benzene rings is 1. The molecule has 4 heteroatoms. The van der Waals surface area contributed by atoms with Crippen molar-refractivity contribution in [2.24, 2.45) is 0 Å². The molecule has 2 N–H and O–H groups in total. The first-order valence-corrected chi connectivity index (χ1v) is 8.13. The molecule has 1 heterocycles. The predicted octanol–water partition coefficient (Wildman–Crippen LogP) is 2.54. The van der Waals surface area contributed by atoms with Crippen LogP contribution in [0.15, 0.2) is 35.1 Å². The summed E-state index contributed by atoms with van der Waals surface area (Å²) < 4.78 is 0. The van der Waals surface area contributed by atoms with E-state index in [-0.39, 0.29) is 5.56 Å². The zero-order valence-corrected chi connectivity index (χ0v) is 13.1. The van der Waals surface area contributed by atoms with Crippen molar-refractivity contribution >= 4 is 0 Å². The minimum Gasteiger partial charge on any atom is -0.310 e. The van der Waals surface area contributed by atoms with Crippen LogP contribution >= 0.6 is 0 Å². The van der Waals surface area contributed by atoms with Crippen molar-refractivity contribution < 1.29 is 0 Å². The molecule has 116 valence electrons. The molecule has 0 fully saturated rings. The summed E-state index contributed by atoms with van der Waals surface area (Å²) in [5.74, 6) is 0. The van der Waals surface area contributed by atoms with E-state index in [1.807, 2.05) is 6.07 Å². The Morgan fingerprint density at radius 2 is 1.91 bits per heavy atom. The Balaban J connectivity index is 1.64. The zero-order valence-electron chi connectivity index (χ0n) is 13.1. The maximum Gasteiger partial charge on any atom is 0.267 e. The SMILES string of the molecule is CC(NCCc1n[nH]c(=O)c2c1CCCC2)c1ccccc1. The van der Waals surface area contributed by atoms with Gasteiger partial charge in [-0.25, -0.2) is 5.10 Å². The van der Waals surface area contributed by atoms with Gasteiger partial charge in [0.1, 0.15) is 0 Å². The Hall–Kier alpha value is -1.94. The topological polar surface area (TPSA) is 57.8 Å². The molecular weight excluding hydrogens is 274 g/mol. The van der Waals surface area contributed by atoms with E-state index >= 15 is 0 Å². The molecule has 1 unspecified atom stereocenters. The van der Waals surface area contributed by atoms with Crippen LogP contribution in [-0.2, 0) is 19.3 Å². The minimum atomic E-state index is 0.00376. The number of nitrogens with zero attached hydrogens (tertiary/aromatic N) is 1. The molecule has 1 aliphatic carbocycles. The first-order valence-electron chi connectivity index (χ1n) is 8.13. The molecule has 1 atom stereocenters. The highest BCUT2D eigenvalue weighted by molar-refractivity contribution is 5.30. The Kier molecular flexibility index (Phi) is 4.68. The van der Waals surface area contributed by atoms with Crippen molar-refractivity contribution in [2.45, 2.75) is 45.1 Å². The molecule has 0 saturated carbocycles. The van der Waals surface area contributed by atoms with Gasteiger partial charge in [-0.05, 0) is 43.7 Å². The first kappa shape index (κ1) is 15.0. The number of H-pyrrole nitrogens is 1. The molecule has 2 aromatic rings. The van der Waals surface area contributed by atoms with E-state index in [0.29, 0.717) is 6.04 Å². The Labute approximate surface area is 131 Å². The van der Waals surface area contributed by atoms with Gasteiger partial charge in [-0.2, -0.15) is 5.10 Å². The van der Waals surface area contributed by atoms with Gasteiger partial charge in [0, 0.05) is 24.6 Å². The second kappa shape index (κ2) is 6.88. The highest BCUT2D eigenvalue weighted by atomic mass is 16.1. The third-order valence-corrected chi connectivity index (χ3v) is 4.49. The normalized spacial score (nSPS) is 15.3. The number of nitrogens with one attached hydrogen (secondary N) is 2. The lowest BCUT2D eigenvalue weighted by Crippen LogP contribution is -2.26. The molecular formula is C18H23N3O. The molecule has 4 nitrogen and oxygen atoms in total. The second-order valence-corrected chi connectivity index (χ2v) is 6.00. The van der Waals surface area contributed by atoms with Crippen LogP contribution in [0.5, 0.6) is 0 Å². The highest BCUT2D eigenvalue weighted by Crippen LogP contribution is 2.20. The lowest BCUT2D eigenvalue weighted by atomic mass is 9.91. The van der Waals surface area contributed by atoms with E-state index in [4.69, 9.17) is 0 Å². The third-order valence-electron chi connectivity index (χ3n) is 4.49. The molecule has 1 aromatic heterocycles. The summed E-state index contributed by atoms with van der Waals surface area (Å²) in [5, 5.41) is 10.5. The van der Waals surface area contributed by atoms with E-state index in [9.17, 15) is 4.79 Å². The summed E-state index contributed by atoms with van der Waals surface area (Å²) >= 11 is 0. The van der Waals surface area contributed by atoms with Crippen LogP contribution in [0.1, 0.15) is 48.2 Å². The van der Waals surface area contributed by atoms with Crippen LogP contribution in [-0.4, -0.2) is 16.7 Å². The smallest absolute Gasteiger partial charge is 0.267 e. The van der Waals surface area contributed by atoms with Gasteiger partial charge in [0.05, 0.1) is 5.69 Å². The van der Waals surface area contributed by atoms with E-state index < -0.39 is 0 Å². The van der Waals surface area contributed by atoms with E-state index in [2.05, 4.69) is 46.7 Å². The van der Waals surface area contributed by atoms with Crippen LogP contribution in [0.4, 0.5) is 0 Å². The van der Waals surface area contributed by atoms with Crippen molar-refractivity contribution in [3.63, 3.8) is 0 Å². The molecule has 3 rings (SSSR count). The first-order chi connectivity index (χ1) is 10.8. The number of aromatic nitrogens is 2. The summed E-state index contributed by atoms with van der Waals surface area (Å²) in [4.78, 5) is 11.8. The van der Waals surface area contributed by atoms with Gasteiger partial charge in [-0.1, -0.05) is 30.3 Å². The standard InChI is InChI=1S/C18H23N3O/c1-13(14-7-3-2-4-8-14)19-12-11-17-15-9-5-6-10-16(15)18(22)21-20-17/h2-4,7-8,13,19H,5-6,9-12H2,1H3,(H,21,22). The molecule has 1 aromatic carbocycles. The number of aromatic amines is 1. The predicted molar refractivity (Wildman–Crippen MR) is 88.1 cm³/mol. The van der Waals surface area contributed by atoms with Gasteiger partial charge >= 0.3 is 0 Å². The summed E-state index contributed by atoms with van der Waals surface area (Å²) in [6.45, 7) is 3.03. The number of hydrogen-bond donors (Lipinski definition) is 2. The number of fused-ring (bicyclic) bond motifs is 1. The molecule has 0 amide bonds. The van der Waals surface area contributed by atoms with Gasteiger partial charge < -0.3 is 5.32 Å². The van der Waals surface area contributed by atoms with E-state index in [0.717, 1.165) is 43.5 Å². The van der Waals surface area contributed by atoms with Crippen molar-refractivity contribution in [1.82, 2.24) is 15.5 Å². The molecule has 0 saturated heterocycles. The third kappa shape index (κ3) is 3.28. The van der Waals surface area contributed by atoms with Gasteiger partial charge in [-0.15, -0.1) is 0 Å². The van der Waals surface area contributed by atoms with Crippen molar-refractivity contribution in [3.8, 4) is 0 Å². The molecule has 0 bridgehead atoms. The van der Waals surface area contributed by atoms with Crippen molar-refractivity contribution in [1.29, 1.82) is 0 Å². The monoisotopic (exact) mass is 297 g/mol. The Bertz CT molecular complexity index is 678. The molecule has 0 spiro atoms. The van der Waals surface area contributed by atoms with Crippen LogP contribution < -0.4 is 10.9 Å². The lowest BCUT2D eigenvalue weighted by Gasteiger charge is -2.18. The van der Waals surface area contributed by atoms with Crippen LogP contribution in [0, 0.1) is 0 Å². The Morgan fingerprint density at radius 3 is 2.68 bits per heavy atom. The molecule has 0 radical (unpaired) electrons. The fourth-order valence-corrected chi connectivity index (χ4v) is 3.20. The molecule has 1 aliphatic rings. The van der Waals surface area contributed by atoms with E-state index in [1.165, 1.54) is 17.5 Å². The average molecular weight is 297 g/mol. The minimum absolute atomic E-state index is 0.00376. The largest absolute Gasteiger partial charge is 0.310 e. The molecule has 22 heavy (non-hydrogen) atoms. The maximum absolute atomic E-state index is 11.8. The van der Waals surface area contributed by atoms with Crippen LogP contribution in [0.2, 0.25) is 0 Å². The average Bonchev–Trinajstić information content (AvgIpc) is 2.58. The summed E-state index contributed by atoms with van der Waals surface area (Å²) in [6.07, 6.45) is 5.03. The fourth-order valence-electron chi connectivity index (χ4n) is 3.20. The number of hydrogen-bond acceptors (Lipinski definition) is 3. The van der Waals surface area contributed by atoms with Gasteiger partial charge in [0.25, 0.3) is 5.56 Å². The quantitative estimate of drug-likeness (QED) is 0.891. The van der Waals surface area contributed by atoms with Crippen LogP contribution in [0.3, 0.4) is 0 Å². The zero-order chi connectivity index (χ0) is 15.4. The fraction of sp³-hybridized carbons (Fsp3) is 0.444. The maximum atomic E-state index is 11.8. The van der Waals surface area contributed by atoms with Gasteiger partial charge in [0.15, 0.2) is 0 Å². The van der Waals surface area contributed by atoms with E-state index in [1.54, 1.807) is 0 Å². The number of rotatable bonds is 5. The van der Waals surface area contributed by atoms with Gasteiger partial charge in [-0.3, -0.25) is 4.79 Å². The summed E-state index contributed by atoms with van der Waals surface area (Å²) in [6, 6.07) is 10.8. The van der Waals surface area contributed by atoms with Gasteiger partial charge in [0.2, 0.25) is 0 Å². The Morgan fingerprint density at radius 1 is 1.18 bits per heavy atom. The summed E-state index contributed by atoms with van der Waals surface area (Å²) in [7, 11) is 0. The second-order valence-electron chi connectivity index (χ2n) is 6.00. The molecule has 0 aliphatic heterocycles. The van der Waals surface area contributed by atoms with Crippen LogP contribution in [0.25, 0.3) is 0 Å². The van der Waals surface area contributed by atoms with Crippen molar-refractivity contribution in [2.75, 3.05) is 6.54 Å².